The number of benzene rings is 2. The van der Waals surface area contributed by atoms with E-state index >= 15 is 0 Å². The van der Waals surface area contributed by atoms with Crippen LogP contribution < -0.4 is 0 Å². The number of nitrogens with zero attached hydrogens (tertiary/aromatic N) is 2. The van der Waals surface area contributed by atoms with Gasteiger partial charge >= 0.3 is 0 Å². The van der Waals surface area contributed by atoms with Crippen molar-refractivity contribution in [3.05, 3.63) is 57.6 Å². The van der Waals surface area contributed by atoms with Gasteiger partial charge in [-0.1, -0.05) is 65.8 Å². The highest BCUT2D eigenvalue weighted by Crippen LogP contribution is 2.35. The number of rotatable bonds is 4. The summed E-state index contributed by atoms with van der Waals surface area (Å²) in [6, 6.07) is 8.62. The van der Waals surface area contributed by atoms with Crippen LogP contribution in [0.25, 0.3) is 0 Å². The van der Waals surface area contributed by atoms with E-state index in [1.165, 1.54) is 11.1 Å². The Labute approximate surface area is 194 Å². The minimum Gasteiger partial charge on any atom is -0.507 e. The topological polar surface area (TPSA) is 46.9 Å². The van der Waals surface area contributed by atoms with E-state index in [0.29, 0.717) is 11.5 Å². The van der Waals surface area contributed by atoms with Crippen LogP contribution in [-0.4, -0.2) is 46.2 Å². The predicted octanol–water partition coefficient (Wildman–Crippen LogP) is 5.63. The SMILES string of the molecule is Cc1cc(CN2CCN(Cc3cc(C)c(O)c(C(C)(C)C)c3)CC2)cc(C(C)(C)C)c1O. The van der Waals surface area contributed by atoms with Gasteiger partial charge in [0.25, 0.3) is 0 Å². The lowest BCUT2D eigenvalue weighted by molar-refractivity contribution is 0.122. The molecule has 0 aliphatic carbocycles. The minimum absolute atomic E-state index is 0.0717. The summed E-state index contributed by atoms with van der Waals surface area (Å²) in [6.45, 7) is 22.9. The van der Waals surface area contributed by atoms with Gasteiger partial charge in [-0.25, -0.2) is 0 Å². The lowest BCUT2D eigenvalue weighted by Crippen LogP contribution is -2.45. The van der Waals surface area contributed by atoms with Crippen molar-refractivity contribution in [2.24, 2.45) is 0 Å². The van der Waals surface area contributed by atoms with Crippen LogP contribution >= 0.6 is 0 Å². The molecule has 2 aromatic rings. The zero-order chi connectivity index (χ0) is 23.8. The molecule has 0 bridgehead atoms. The molecule has 0 unspecified atom stereocenters. The Morgan fingerprint density at radius 2 is 0.938 bits per heavy atom. The molecular weight excluding hydrogens is 396 g/mol. The van der Waals surface area contributed by atoms with E-state index in [4.69, 9.17) is 0 Å². The summed E-state index contributed by atoms with van der Waals surface area (Å²) in [7, 11) is 0. The van der Waals surface area contributed by atoms with Crippen LogP contribution in [0, 0.1) is 13.8 Å². The van der Waals surface area contributed by atoms with Crippen molar-refractivity contribution in [3.8, 4) is 11.5 Å². The van der Waals surface area contributed by atoms with Crippen LogP contribution in [0.1, 0.15) is 74.9 Å². The van der Waals surface area contributed by atoms with E-state index in [1.54, 1.807) is 0 Å². The lowest BCUT2D eigenvalue weighted by atomic mass is 9.84. The summed E-state index contributed by atoms with van der Waals surface area (Å²) in [5, 5.41) is 21.0. The smallest absolute Gasteiger partial charge is 0.122 e. The van der Waals surface area contributed by atoms with E-state index < -0.39 is 0 Å². The second-order valence-corrected chi connectivity index (χ2v) is 11.7. The summed E-state index contributed by atoms with van der Waals surface area (Å²) >= 11 is 0. The maximum Gasteiger partial charge on any atom is 0.122 e. The molecule has 32 heavy (non-hydrogen) atoms. The van der Waals surface area contributed by atoms with Gasteiger partial charge in [0, 0.05) is 39.3 Å². The zero-order valence-electron chi connectivity index (χ0n) is 21.3. The maximum atomic E-state index is 10.5. The van der Waals surface area contributed by atoms with Gasteiger partial charge in [0.1, 0.15) is 11.5 Å². The number of piperazine rings is 1. The lowest BCUT2D eigenvalue weighted by Gasteiger charge is -2.35. The molecule has 0 radical (unpaired) electrons. The van der Waals surface area contributed by atoms with Gasteiger partial charge in [-0.05, 0) is 58.1 Å². The fourth-order valence-electron chi connectivity index (χ4n) is 4.66. The molecule has 1 saturated heterocycles. The molecule has 0 atom stereocenters. The average molecular weight is 439 g/mol. The number of phenols is 2. The molecule has 0 spiro atoms. The van der Waals surface area contributed by atoms with Gasteiger partial charge in [-0.2, -0.15) is 0 Å². The fraction of sp³-hybridized carbons (Fsp3) is 0.571. The number of phenolic OH excluding ortho intramolecular Hbond substituents is 2. The van der Waals surface area contributed by atoms with E-state index in [-0.39, 0.29) is 10.8 Å². The first-order valence-electron chi connectivity index (χ1n) is 11.9. The van der Waals surface area contributed by atoms with Crippen LogP contribution in [0.5, 0.6) is 11.5 Å². The quantitative estimate of drug-likeness (QED) is 0.650. The molecule has 0 amide bonds. The summed E-state index contributed by atoms with van der Waals surface area (Å²) in [5.41, 5.74) is 6.40. The van der Waals surface area contributed by atoms with Crippen molar-refractivity contribution in [1.29, 1.82) is 0 Å². The molecule has 2 N–H and O–H groups in total. The molecule has 2 aromatic carbocycles. The van der Waals surface area contributed by atoms with Gasteiger partial charge in [0.05, 0.1) is 0 Å². The van der Waals surface area contributed by atoms with Crippen LogP contribution in [0.3, 0.4) is 0 Å². The van der Waals surface area contributed by atoms with Crippen LogP contribution in [0.15, 0.2) is 24.3 Å². The Balaban J connectivity index is 1.64. The highest BCUT2D eigenvalue weighted by molar-refractivity contribution is 5.47. The molecule has 1 aliphatic heterocycles. The van der Waals surface area contributed by atoms with Crippen molar-refractivity contribution < 1.29 is 10.2 Å². The first-order chi connectivity index (χ1) is 14.8. The number of aromatic hydroxyl groups is 2. The summed E-state index contributed by atoms with van der Waals surface area (Å²) < 4.78 is 0. The molecule has 3 rings (SSSR count). The van der Waals surface area contributed by atoms with Crippen molar-refractivity contribution in [3.63, 3.8) is 0 Å². The molecule has 0 aromatic heterocycles. The van der Waals surface area contributed by atoms with Crippen molar-refractivity contribution in [2.45, 2.75) is 79.3 Å². The van der Waals surface area contributed by atoms with E-state index in [2.05, 4.69) is 75.6 Å². The molecule has 0 saturated carbocycles. The second-order valence-electron chi connectivity index (χ2n) is 11.7. The Morgan fingerprint density at radius 3 is 1.22 bits per heavy atom. The van der Waals surface area contributed by atoms with Crippen LogP contribution in [-0.2, 0) is 23.9 Å². The largest absolute Gasteiger partial charge is 0.507 e. The first kappa shape index (κ1) is 24.6. The Kier molecular flexibility index (Phi) is 6.97. The summed E-state index contributed by atoms with van der Waals surface area (Å²) in [5.74, 6) is 0.870. The van der Waals surface area contributed by atoms with Gasteiger partial charge in [-0.3, -0.25) is 9.80 Å². The molecular formula is C28H42N2O2. The highest BCUT2D eigenvalue weighted by atomic mass is 16.3. The Bertz CT molecular complexity index is 879. The highest BCUT2D eigenvalue weighted by Gasteiger charge is 2.24. The maximum absolute atomic E-state index is 10.5. The third-order valence-corrected chi connectivity index (χ3v) is 6.61. The number of aryl methyl sites for hydroxylation is 2. The fourth-order valence-corrected chi connectivity index (χ4v) is 4.66. The predicted molar refractivity (Wildman–Crippen MR) is 134 cm³/mol. The van der Waals surface area contributed by atoms with Crippen molar-refractivity contribution >= 4 is 0 Å². The van der Waals surface area contributed by atoms with Gasteiger partial charge < -0.3 is 10.2 Å². The monoisotopic (exact) mass is 438 g/mol. The van der Waals surface area contributed by atoms with E-state index in [1.807, 2.05) is 13.8 Å². The molecule has 1 heterocycles. The van der Waals surface area contributed by atoms with Crippen LogP contribution in [0.2, 0.25) is 0 Å². The zero-order valence-corrected chi connectivity index (χ0v) is 21.3. The number of hydrogen-bond donors (Lipinski definition) is 2. The number of hydrogen-bond acceptors (Lipinski definition) is 4. The summed E-state index contributed by atoms with van der Waals surface area (Å²) in [6.07, 6.45) is 0. The molecule has 4 nitrogen and oxygen atoms in total. The van der Waals surface area contributed by atoms with Gasteiger partial charge in [0.2, 0.25) is 0 Å². The van der Waals surface area contributed by atoms with Gasteiger partial charge in [0.15, 0.2) is 0 Å². The standard InChI is InChI=1S/C28H42N2O2/c1-19-13-21(15-23(25(19)31)27(3,4)5)17-29-9-11-30(12-10-29)18-22-14-20(2)26(32)24(16-22)28(6,7)8/h13-16,31-32H,9-12,17-18H2,1-8H3. The Morgan fingerprint density at radius 1 is 0.625 bits per heavy atom. The van der Waals surface area contributed by atoms with Crippen molar-refractivity contribution in [2.75, 3.05) is 26.2 Å². The van der Waals surface area contributed by atoms with E-state index in [9.17, 15) is 10.2 Å². The first-order valence-corrected chi connectivity index (χ1v) is 11.9. The molecule has 4 heteroatoms. The van der Waals surface area contributed by atoms with E-state index in [0.717, 1.165) is 61.5 Å². The molecule has 1 aliphatic rings. The molecule has 176 valence electrons. The summed E-state index contributed by atoms with van der Waals surface area (Å²) in [4.78, 5) is 5.02. The Hall–Kier alpha value is -2.04. The van der Waals surface area contributed by atoms with Crippen LogP contribution in [0.4, 0.5) is 0 Å². The molecule has 1 fully saturated rings. The van der Waals surface area contributed by atoms with Crippen molar-refractivity contribution in [1.82, 2.24) is 9.80 Å². The average Bonchev–Trinajstić information content (AvgIpc) is 2.67. The minimum atomic E-state index is -0.0717. The normalized spacial score (nSPS) is 16.5. The third-order valence-electron chi connectivity index (χ3n) is 6.61. The van der Waals surface area contributed by atoms with Gasteiger partial charge in [-0.15, -0.1) is 0 Å². The second kappa shape index (κ2) is 9.07. The third kappa shape index (κ3) is 5.65.